The van der Waals surface area contributed by atoms with Crippen LogP contribution in [-0.2, 0) is 16.0 Å². The van der Waals surface area contributed by atoms with Crippen molar-refractivity contribution < 1.29 is 9.59 Å². The SMILES string of the molecule is Cc1ccc(C)c(N[C@@H]2CC(=O)N(CCc3ccccc3)C2=O)c1. The van der Waals surface area contributed by atoms with E-state index in [1.165, 1.54) is 4.90 Å². The fraction of sp³-hybridized carbons (Fsp3) is 0.300. The van der Waals surface area contributed by atoms with Crippen molar-refractivity contribution in [1.82, 2.24) is 4.90 Å². The number of hydrogen-bond acceptors (Lipinski definition) is 3. The van der Waals surface area contributed by atoms with Gasteiger partial charge in [0.1, 0.15) is 6.04 Å². The zero-order chi connectivity index (χ0) is 17.1. The predicted molar refractivity (Wildman–Crippen MR) is 94.8 cm³/mol. The minimum absolute atomic E-state index is 0.0984. The van der Waals surface area contributed by atoms with Crippen LogP contribution >= 0.6 is 0 Å². The number of aryl methyl sites for hydroxylation is 2. The van der Waals surface area contributed by atoms with E-state index in [2.05, 4.69) is 5.32 Å². The summed E-state index contributed by atoms with van der Waals surface area (Å²) in [6.45, 7) is 4.45. The molecule has 1 fully saturated rings. The van der Waals surface area contributed by atoms with Crippen LogP contribution in [0.2, 0.25) is 0 Å². The van der Waals surface area contributed by atoms with Crippen molar-refractivity contribution in [2.45, 2.75) is 32.7 Å². The Kier molecular flexibility index (Phi) is 4.65. The third-order valence-electron chi connectivity index (χ3n) is 4.43. The summed E-state index contributed by atoms with van der Waals surface area (Å²) in [5, 5.41) is 3.25. The summed E-state index contributed by atoms with van der Waals surface area (Å²) in [6, 6.07) is 15.5. The standard InChI is InChI=1S/C20H22N2O2/c1-14-8-9-15(2)17(12-14)21-18-13-19(23)22(20(18)24)11-10-16-6-4-3-5-7-16/h3-9,12,18,21H,10-11,13H2,1-2H3/t18-/m1/s1. The van der Waals surface area contributed by atoms with Gasteiger partial charge in [-0.05, 0) is 43.0 Å². The highest BCUT2D eigenvalue weighted by molar-refractivity contribution is 6.06. The van der Waals surface area contributed by atoms with Crippen LogP contribution < -0.4 is 5.32 Å². The van der Waals surface area contributed by atoms with E-state index in [-0.39, 0.29) is 18.2 Å². The second-order valence-electron chi connectivity index (χ2n) is 6.34. The van der Waals surface area contributed by atoms with Crippen LogP contribution in [0, 0.1) is 13.8 Å². The molecule has 0 bridgehead atoms. The molecule has 1 saturated heterocycles. The number of carbonyl (C=O) groups is 2. The van der Waals surface area contributed by atoms with E-state index >= 15 is 0 Å². The number of benzene rings is 2. The fourth-order valence-electron chi connectivity index (χ4n) is 3.00. The Bertz CT molecular complexity index is 755. The summed E-state index contributed by atoms with van der Waals surface area (Å²) in [5.41, 5.74) is 4.25. The smallest absolute Gasteiger partial charge is 0.252 e. The molecule has 3 rings (SSSR count). The Morgan fingerprint density at radius 1 is 1.08 bits per heavy atom. The predicted octanol–water partition coefficient (Wildman–Crippen LogP) is 3.09. The zero-order valence-electron chi connectivity index (χ0n) is 14.1. The second kappa shape index (κ2) is 6.87. The molecular formula is C20H22N2O2. The average Bonchev–Trinajstić information content (AvgIpc) is 2.84. The van der Waals surface area contributed by atoms with Gasteiger partial charge in [-0.15, -0.1) is 0 Å². The molecule has 0 aromatic heterocycles. The van der Waals surface area contributed by atoms with Gasteiger partial charge in [-0.3, -0.25) is 14.5 Å². The third-order valence-corrected chi connectivity index (χ3v) is 4.43. The van der Waals surface area contributed by atoms with Gasteiger partial charge in [0.05, 0.1) is 6.42 Å². The molecule has 2 aromatic rings. The maximum atomic E-state index is 12.6. The average molecular weight is 322 g/mol. The van der Waals surface area contributed by atoms with Gasteiger partial charge in [-0.1, -0.05) is 42.5 Å². The summed E-state index contributed by atoms with van der Waals surface area (Å²) < 4.78 is 0. The van der Waals surface area contributed by atoms with Crippen molar-refractivity contribution in [2.75, 3.05) is 11.9 Å². The Morgan fingerprint density at radius 2 is 1.83 bits per heavy atom. The second-order valence-corrected chi connectivity index (χ2v) is 6.34. The summed E-state index contributed by atoms with van der Waals surface area (Å²) >= 11 is 0. The van der Waals surface area contributed by atoms with Crippen LogP contribution in [0.1, 0.15) is 23.1 Å². The molecular weight excluding hydrogens is 300 g/mol. The number of likely N-dealkylation sites (tertiary alicyclic amines) is 1. The van der Waals surface area contributed by atoms with Crippen LogP contribution in [0.15, 0.2) is 48.5 Å². The molecule has 4 nitrogen and oxygen atoms in total. The van der Waals surface area contributed by atoms with Crippen LogP contribution in [0.25, 0.3) is 0 Å². The van der Waals surface area contributed by atoms with E-state index in [0.717, 1.165) is 22.4 Å². The molecule has 1 aliphatic rings. The molecule has 1 N–H and O–H groups in total. The number of nitrogens with one attached hydrogen (secondary N) is 1. The molecule has 2 amide bonds. The minimum Gasteiger partial charge on any atom is -0.373 e. The molecule has 0 saturated carbocycles. The van der Waals surface area contributed by atoms with Gasteiger partial charge in [0.25, 0.3) is 5.91 Å². The fourth-order valence-corrected chi connectivity index (χ4v) is 3.00. The maximum Gasteiger partial charge on any atom is 0.252 e. The van der Waals surface area contributed by atoms with Gasteiger partial charge >= 0.3 is 0 Å². The molecule has 1 aliphatic heterocycles. The molecule has 0 radical (unpaired) electrons. The Labute approximate surface area is 142 Å². The molecule has 124 valence electrons. The number of imide groups is 1. The molecule has 0 aliphatic carbocycles. The van der Waals surface area contributed by atoms with Gasteiger partial charge in [-0.2, -0.15) is 0 Å². The molecule has 0 unspecified atom stereocenters. The van der Waals surface area contributed by atoms with Crippen molar-refractivity contribution in [3.8, 4) is 0 Å². The van der Waals surface area contributed by atoms with Crippen LogP contribution in [0.5, 0.6) is 0 Å². The van der Waals surface area contributed by atoms with Crippen LogP contribution in [0.4, 0.5) is 5.69 Å². The Balaban J connectivity index is 1.66. The number of nitrogens with zero attached hydrogens (tertiary/aromatic N) is 1. The lowest BCUT2D eigenvalue weighted by Crippen LogP contribution is -2.36. The zero-order valence-corrected chi connectivity index (χ0v) is 14.1. The van der Waals surface area contributed by atoms with E-state index in [4.69, 9.17) is 0 Å². The van der Waals surface area contributed by atoms with Gasteiger partial charge in [0.2, 0.25) is 5.91 Å². The first-order valence-corrected chi connectivity index (χ1v) is 8.26. The lowest BCUT2D eigenvalue weighted by molar-refractivity contribution is -0.138. The highest BCUT2D eigenvalue weighted by Gasteiger charge is 2.38. The molecule has 24 heavy (non-hydrogen) atoms. The van der Waals surface area contributed by atoms with E-state index in [9.17, 15) is 9.59 Å². The van der Waals surface area contributed by atoms with Gasteiger partial charge in [-0.25, -0.2) is 0 Å². The first kappa shape index (κ1) is 16.2. The lowest BCUT2D eigenvalue weighted by Gasteiger charge is -2.17. The van der Waals surface area contributed by atoms with Crippen LogP contribution in [0.3, 0.4) is 0 Å². The molecule has 1 atom stereocenters. The molecule has 2 aromatic carbocycles. The monoisotopic (exact) mass is 322 g/mol. The molecule has 4 heteroatoms. The highest BCUT2D eigenvalue weighted by Crippen LogP contribution is 2.22. The van der Waals surface area contributed by atoms with Crippen molar-refractivity contribution >= 4 is 17.5 Å². The Hall–Kier alpha value is -2.62. The van der Waals surface area contributed by atoms with E-state index < -0.39 is 6.04 Å². The minimum atomic E-state index is -0.464. The number of carbonyl (C=O) groups excluding carboxylic acids is 2. The van der Waals surface area contributed by atoms with Crippen molar-refractivity contribution in [1.29, 1.82) is 0 Å². The topological polar surface area (TPSA) is 49.4 Å². The Morgan fingerprint density at radius 3 is 2.58 bits per heavy atom. The van der Waals surface area contributed by atoms with E-state index in [0.29, 0.717) is 13.0 Å². The maximum absolute atomic E-state index is 12.6. The first-order chi connectivity index (χ1) is 11.5. The third kappa shape index (κ3) is 3.48. The number of rotatable bonds is 5. The van der Waals surface area contributed by atoms with Crippen LogP contribution in [-0.4, -0.2) is 29.3 Å². The van der Waals surface area contributed by atoms with Crippen molar-refractivity contribution in [3.63, 3.8) is 0 Å². The highest BCUT2D eigenvalue weighted by atomic mass is 16.2. The summed E-state index contributed by atoms with van der Waals surface area (Å²) in [7, 11) is 0. The first-order valence-electron chi connectivity index (χ1n) is 8.26. The van der Waals surface area contributed by atoms with Crippen molar-refractivity contribution in [3.05, 3.63) is 65.2 Å². The van der Waals surface area contributed by atoms with Gasteiger partial charge in [0, 0.05) is 12.2 Å². The largest absolute Gasteiger partial charge is 0.373 e. The summed E-state index contributed by atoms with van der Waals surface area (Å²) in [4.78, 5) is 26.2. The summed E-state index contributed by atoms with van der Waals surface area (Å²) in [5.74, 6) is -0.226. The number of anilines is 1. The lowest BCUT2D eigenvalue weighted by atomic mass is 10.1. The normalized spacial score (nSPS) is 17.4. The van der Waals surface area contributed by atoms with Gasteiger partial charge in [0.15, 0.2) is 0 Å². The number of hydrogen-bond donors (Lipinski definition) is 1. The van der Waals surface area contributed by atoms with E-state index in [1.54, 1.807) is 0 Å². The summed E-state index contributed by atoms with van der Waals surface area (Å²) in [6.07, 6.45) is 0.912. The number of amides is 2. The van der Waals surface area contributed by atoms with Crippen molar-refractivity contribution in [2.24, 2.45) is 0 Å². The molecule has 1 heterocycles. The quantitative estimate of drug-likeness (QED) is 0.861. The van der Waals surface area contributed by atoms with E-state index in [1.807, 2.05) is 62.4 Å². The van der Waals surface area contributed by atoms with Gasteiger partial charge < -0.3 is 5.32 Å². The molecule has 0 spiro atoms.